The molecule has 1 aromatic carbocycles. The zero-order valence-electron chi connectivity index (χ0n) is 13.2. The number of thioether (sulfide) groups is 1. The van der Waals surface area contributed by atoms with Crippen molar-refractivity contribution in [1.29, 1.82) is 5.26 Å². The number of hydrogen-bond donors (Lipinski definition) is 0. The molecule has 1 aromatic heterocycles. The molecule has 0 atom stereocenters. The molecule has 24 heavy (non-hydrogen) atoms. The lowest BCUT2D eigenvalue weighted by Crippen LogP contribution is -2.29. The molecule has 0 fully saturated rings. The monoisotopic (exact) mass is 362 g/mol. The molecule has 0 aliphatic carbocycles. The van der Waals surface area contributed by atoms with Gasteiger partial charge in [0.15, 0.2) is 0 Å². The molecule has 1 heterocycles. The first-order valence-electron chi connectivity index (χ1n) is 7.15. The summed E-state index contributed by atoms with van der Waals surface area (Å²) in [4.78, 5) is 25.1. The van der Waals surface area contributed by atoms with Crippen molar-refractivity contribution in [2.45, 2.75) is 18.4 Å². The Bertz CT molecular complexity index is 854. The summed E-state index contributed by atoms with van der Waals surface area (Å²) >= 11 is 7.22. The molecule has 7 heteroatoms. The van der Waals surface area contributed by atoms with Gasteiger partial charge in [-0.2, -0.15) is 5.26 Å². The Balaban J connectivity index is 2.68. The third-order valence-electron chi connectivity index (χ3n) is 3.33. The van der Waals surface area contributed by atoms with Crippen molar-refractivity contribution >= 4 is 29.3 Å². The van der Waals surface area contributed by atoms with Crippen molar-refractivity contribution in [3.63, 3.8) is 0 Å². The molecule has 0 radical (unpaired) electrons. The molecule has 124 valence electrons. The average Bonchev–Trinajstić information content (AvgIpc) is 2.57. The predicted octanol–water partition coefficient (Wildman–Crippen LogP) is 3.33. The van der Waals surface area contributed by atoms with Crippen LogP contribution >= 0.6 is 23.4 Å². The van der Waals surface area contributed by atoms with E-state index in [1.54, 1.807) is 43.5 Å². The summed E-state index contributed by atoms with van der Waals surface area (Å²) in [5, 5.41) is 9.85. The molecular formula is C17H15ClN2O3S. The summed E-state index contributed by atoms with van der Waals surface area (Å²) in [6, 6.07) is 10.6. The number of ether oxygens (including phenoxy) is 1. The fourth-order valence-electron chi connectivity index (χ4n) is 2.24. The standard InChI is InChI=1S/C17H15ClN2O3S/c1-3-23-16(21)10-20-14(11-4-6-12(18)7-5-11)8-15(24-2)13(9-19)17(20)22/h4-8H,3,10H2,1-2H3. The van der Waals surface area contributed by atoms with Gasteiger partial charge in [-0.05, 0) is 36.9 Å². The second kappa shape index (κ2) is 8.04. The summed E-state index contributed by atoms with van der Waals surface area (Å²) in [6.45, 7) is 1.66. The molecule has 0 spiro atoms. The van der Waals surface area contributed by atoms with Gasteiger partial charge in [0.2, 0.25) is 0 Å². The second-order valence-corrected chi connectivity index (χ2v) is 6.07. The van der Waals surface area contributed by atoms with Crippen LogP contribution in [0.2, 0.25) is 5.02 Å². The van der Waals surface area contributed by atoms with E-state index >= 15 is 0 Å². The van der Waals surface area contributed by atoms with Gasteiger partial charge in [-0.25, -0.2) is 0 Å². The van der Waals surface area contributed by atoms with Gasteiger partial charge in [0, 0.05) is 9.92 Å². The zero-order valence-corrected chi connectivity index (χ0v) is 14.8. The Labute approximate surface area is 148 Å². The third kappa shape index (κ3) is 3.81. The Morgan fingerprint density at radius 3 is 2.58 bits per heavy atom. The highest BCUT2D eigenvalue weighted by Gasteiger charge is 2.18. The molecule has 0 aliphatic rings. The van der Waals surface area contributed by atoms with Crippen LogP contribution in [0, 0.1) is 11.3 Å². The Morgan fingerprint density at radius 2 is 2.04 bits per heavy atom. The molecule has 0 bridgehead atoms. The van der Waals surface area contributed by atoms with Crippen LogP contribution in [0.1, 0.15) is 12.5 Å². The van der Waals surface area contributed by atoms with Gasteiger partial charge in [-0.3, -0.25) is 14.2 Å². The highest BCUT2D eigenvalue weighted by molar-refractivity contribution is 7.98. The van der Waals surface area contributed by atoms with Crippen molar-refractivity contribution in [2.75, 3.05) is 12.9 Å². The number of hydrogen-bond acceptors (Lipinski definition) is 5. The molecule has 0 saturated carbocycles. The van der Waals surface area contributed by atoms with Crippen LogP contribution in [0.4, 0.5) is 0 Å². The van der Waals surface area contributed by atoms with E-state index in [1.807, 2.05) is 6.07 Å². The molecule has 2 aromatic rings. The minimum atomic E-state index is -0.532. The highest BCUT2D eigenvalue weighted by Crippen LogP contribution is 2.26. The van der Waals surface area contributed by atoms with Gasteiger partial charge < -0.3 is 4.74 Å². The van der Waals surface area contributed by atoms with Crippen LogP contribution in [0.5, 0.6) is 0 Å². The smallest absolute Gasteiger partial charge is 0.326 e. The van der Waals surface area contributed by atoms with Crippen molar-refractivity contribution in [3.05, 3.63) is 51.3 Å². The first kappa shape index (κ1) is 18.1. The molecule has 0 saturated heterocycles. The lowest BCUT2D eigenvalue weighted by atomic mass is 10.1. The normalized spacial score (nSPS) is 10.2. The summed E-state index contributed by atoms with van der Waals surface area (Å²) in [5.74, 6) is -0.532. The molecule has 0 unspecified atom stereocenters. The number of rotatable bonds is 5. The van der Waals surface area contributed by atoms with E-state index in [-0.39, 0.29) is 18.7 Å². The molecular weight excluding hydrogens is 348 g/mol. The summed E-state index contributed by atoms with van der Waals surface area (Å²) in [6.07, 6.45) is 1.79. The number of carbonyl (C=O) groups excluding carboxylic acids is 1. The van der Waals surface area contributed by atoms with Crippen molar-refractivity contribution in [2.24, 2.45) is 0 Å². The van der Waals surface area contributed by atoms with Crippen LogP contribution in [-0.2, 0) is 16.1 Å². The maximum Gasteiger partial charge on any atom is 0.326 e. The fourth-order valence-corrected chi connectivity index (χ4v) is 2.93. The largest absolute Gasteiger partial charge is 0.465 e. The van der Waals surface area contributed by atoms with E-state index < -0.39 is 11.5 Å². The van der Waals surface area contributed by atoms with E-state index in [0.29, 0.717) is 15.6 Å². The molecule has 0 amide bonds. The first-order valence-corrected chi connectivity index (χ1v) is 8.75. The van der Waals surface area contributed by atoms with Crippen molar-refractivity contribution in [3.8, 4) is 17.3 Å². The van der Waals surface area contributed by atoms with Crippen LogP contribution in [0.3, 0.4) is 0 Å². The number of carbonyl (C=O) groups is 1. The summed E-state index contributed by atoms with van der Waals surface area (Å²) in [5.41, 5.74) is 0.764. The number of halogens is 1. The molecule has 5 nitrogen and oxygen atoms in total. The fraction of sp³-hybridized carbons (Fsp3) is 0.235. The molecule has 0 aliphatic heterocycles. The summed E-state index contributed by atoms with van der Waals surface area (Å²) in [7, 11) is 0. The van der Waals surface area contributed by atoms with Crippen LogP contribution < -0.4 is 5.56 Å². The average molecular weight is 363 g/mol. The van der Waals surface area contributed by atoms with E-state index in [2.05, 4.69) is 0 Å². The number of pyridine rings is 1. The predicted molar refractivity (Wildman–Crippen MR) is 94.3 cm³/mol. The number of nitriles is 1. The van der Waals surface area contributed by atoms with Crippen LogP contribution in [0.25, 0.3) is 11.3 Å². The number of benzene rings is 1. The number of nitrogens with zero attached hydrogens (tertiary/aromatic N) is 2. The maximum absolute atomic E-state index is 12.7. The minimum absolute atomic E-state index is 0.0181. The van der Waals surface area contributed by atoms with E-state index in [9.17, 15) is 14.9 Å². The van der Waals surface area contributed by atoms with Crippen LogP contribution in [0.15, 0.2) is 40.0 Å². The van der Waals surface area contributed by atoms with Gasteiger partial charge in [-0.15, -0.1) is 11.8 Å². The van der Waals surface area contributed by atoms with Gasteiger partial charge >= 0.3 is 5.97 Å². The van der Waals surface area contributed by atoms with Crippen molar-refractivity contribution in [1.82, 2.24) is 4.57 Å². The maximum atomic E-state index is 12.7. The molecule has 0 N–H and O–H groups in total. The number of esters is 1. The Morgan fingerprint density at radius 1 is 1.38 bits per heavy atom. The van der Waals surface area contributed by atoms with E-state index in [4.69, 9.17) is 16.3 Å². The van der Waals surface area contributed by atoms with Gasteiger partial charge in [0.1, 0.15) is 18.2 Å². The lowest BCUT2D eigenvalue weighted by molar-refractivity contribution is -0.143. The topological polar surface area (TPSA) is 72.1 Å². The quantitative estimate of drug-likeness (QED) is 0.602. The lowest BCUT2D eigenvalue weighted by Gasteiger charge is -2.15. The van der Waals surface area contributed by atoms with Crippen molar-refractivity contribution < 1.29 is 9.53 Å². The molecule has 2 rings (SSSR count). The highest BCUT2D eigenvalue weighted by atomic mass is 35.5. The first-order chi connectivity index (χ1) is 11.5. The second-order valence-electron chi connectivity index (χ2n) is 4.79. The van der Waals surface area contributed by atoms with Crippen LogP contribution in [-0.4, -0.2) is 23.4 Å². The van der Waals surface area contributed by atoms with Gasteiger partial charge in [-0.1, -0.05) is 23.7 Å². The third-order valence-corrected chi connectivity index (χ3v) is 4.34. The summed E-state index contributed by atoms with van der Waals surface area (Å²) < 4.78 is 6.20. The zero-order chi connectivity index (χ0) is 17.7. The van der Waals surface area contributed by atoms with E-state index in [1.165, 1.54) is 16.3 Å². The van der Waals surface area contributed by atoms with Gasteiger partial charge in [0.25, 0.3) is 5.56 Å². The number of aromatic nitrogens is 1. The SMILES string of the molecule is CCOC(=O)Cn1c(-c2ccc(Cl)cc2)cc(SC)c(C#N)c1=O. The van der Waals surface area contributed by atoms with Gasteiger partial charge in [0.05, 0.1) is 12.3 Å². The minimum Gasteiger partial charge on any atom is -0.465 e. The Kier molecular flexibility index (Phi) is 6.07. The van der Waals surface area contributed by atoms with E-state index in [0.717, 1.165) is 5.56 Å². The Hall–Kier alpha value is -2.23.